The molecule has 0 spiro atoms. The van der Waals surface area contributed by atoms with Gasteiger partial charge in [-0.3, -0.25) is 4.79 Å². The second kappa shape index (κ2) is 6.80. The van der Waals surface area contributed by atoms with Gasteiger partial charge in [0.25, 0.3) is 5.91 Å². The topological polar surface area (TPSA) is 71.3 Å². The van der Waals surface area contributed by atoms with E-state index >= 15 is 0 Å². The average Bonchev–Trinajstić information content (AvgIpc) is 3.38. The van der Waals surface area contributed by atoms with Crippen molar-refractivity contribution in [1.29, 1.82) is 5.26 Å². The van der Waals surface area contributed by atoms with Crippen molar-refractivity contribution in [3.8, 4) is 11.8 Å². The molecule has 0 aromatic heterocycles. The van der Waals surface area contributed by atoms with Gasteiger partial charge in [-0.15, -0.1) is 0 Å². The van der Waals surface area contributed by atoms with Gasteiger partial charge in [-0.25, -0.2) is 0 Å². The Kier molecular flexibility index (Phi) is 5.04. The lowest BCUT2D eigenvalue weighted by Crippen LogP contribution is -2.45. The molecule has 2 rings (SSSR count). The molecule has 1 N–H and O–H groups in total. The Morgan fingerprint density at radius 3 is 2.77 bits per heavy atom. The number of hydrogen-bond donors (Lipinski definition) is 1. The van der Waals surface area contributed by atoms with Crippen LogP contribution in [-0.4, -0.2) is 25.2 Å². The summed E-state index contributed by atoms with van der Waals surface area (Å²) in [5, 5.41) is 12.1. The number of nitrogens with one attached hydrogen (secondary N) is 1. The van der Waals surface area contributed by atoms with Crippen LogP contribution in [0.15, 0.2) is 18.2 Å². The van der Waals surface area contributed by atoms with E-state index in [1.54, 1.807) is 18.2 Å². The summed E-state index contributed by atoms with van der Waals surface area (Å²) >= 11 is 0. The van der Waals surface area contributed by atoms with Gasteiger partial charge in [0.05, 0.1) is 18.4 Å². The zero-order chi connectivity index (χ0) is 16.2. The van der Waals surface area contributed by atoms with Crippen LogP contribution >= 0.6 is 0 Å². The van der Waals surface area contributed by atoms with Crippen LogP contribution in [0.4, 0.5) is 5.69 Å². The average molecular weight is 302 g/mol. The number of nitriles is 1. The summed E-state index contributed by atoms with van der Waals surface area (Å²) in [5.74, 6) is 0.648. The van der Waals surface area contributed by atoms with E-state index in [4.69, 9.17) is 9.47 Å². The number of hydrogen-bond acceptors (Lipinski definition) is 4. The third-order valence-electron chi connectivity index (χ3n) is 4.01. The van der Waals surface area contributed by atoms with Crippen LogP contribution in [0.2, 0.25) is 0 Å². The first-order valence-electron chi connectivity index (χ1n) is 7.58. The predicted molar refractivity (Wildman–Crippen MR) is 83.7 cm³/mol. The lowest BCUT2D eigenvalue weighted by molar-refractivity contribution is -0.142. The molecule has 5 heteroatoms. The molecule has 0 saturated heterocycles. The van der Waals surface area contributed by atoms with Crippen LogP contribution in [0.3, 0.4) is 0 Å². The maximum atomic E-state index is 12.7. The minimum atomic E-state index is -0.831. The fraction of sp³-hybridized carbons (Fsp3) is 0.529. The van der Waals surface area contributed by atoms with Crippen LogP contribution in [0, 0.1) is 17.2 Å². The van der Waals surface area contributed by atoms with Crippen molar-refractivity contribution in [2.45, 2.75) is 38.7 Å². The molecule has 0 aliphatic heterocycles. The van der Waals surface area contributed by atoms with Gasteiger partial charge < -0.3 is 14.8 Å². The van der Waals surface area contributed by atoms with E-state index in [0.717, 1.165) is 19.3 Å². The summed E-state index contributed by atoms with van der Waals surface area (Å²) in [6.07, 6.45) is 2.87. The van der Waals surface area contributed by atoms with E-state index in [1.807, 2.05) is 13.8 Å². The van der Waals surface area contributed by atoms with Crippen molar-refractivity contribution in [3.63, 3.8) is 0 Å². The van der Waals surface area contributed by atoms with Crippen LogP contribution < -0.4 is 10.1 Å². The van der Waals surface area contributed by atoms with Gasteiger partial charge in [0.15, 0.2) is 0 Å². The summed E-state index contributed by atoms with van der Waals surface area (Å²) in [6.45, 7) is 4.40. The Morgan fingerprint density at radius 2 is 2.23 bits per heavy atom. The second-order valence-electron chi connectivity index (χ2n) is 5.71. The number of carbonyl (C=O) groups is 1. The molecule has 1 atom stereocenters. The van der Waals surface area contributed by atoms with Gasteiger partial charge in [0.1, 0.15) is 17.4 Å². The summed E-state index contributed by atoms with van der Waals surface area (Å²) in [6, 6.07) is 7.09. The van der Waals surface area contributed by atoms with Crippen LogP contribution in [-0.2, 0) is 9.53 Å². The van der Waals surface area contributed by atoms with Crippen molar-refractivity contribution < 1.29 is 14.3 Å². The van der Waals surface area contributed by atoms with E-state index in [2.05, 4.69) is 11.4 Å². The summed E-state index contributed by atoms with van der Waals surface area (Å²) in [4.78, 5) is 12.7. The number of rotatable bonds is 7. The van der Waals surface area contributed by atoms with Gasteiger partial charge in [-0.2, -0.15) is 5.26 Å². The Balaban J connectivity index is 2.18. The van der Waals surface area contributed by atoms with Crippen LogP contribution in [0.1, 0.15) is 38.7 Å². The molecule has 1 amide bonds. The largest absolute Gasteiger partial charge is 0.497 e. The fourth-order valence-corrected chi connectivity index (χ4v) is 2.42. The molecule has 1 aliphatic rings. The molecular formula is C17H22N2O3. The molecule has 1 unspecified atom stereocenters. The Bertz CT molecular complexity index is 590. The number of benzene rings is 1. The summed E-state index contributed by atoms with van der Waals surface area (Å²) in [5.41, 5.74) is 0.0319. The number of nitrogens with zero attached hydrogens (tertiary/aromatic N) is 1. The van der Waals surface area contributed by atoms with Crippen LogP contribution in [0.25, 0.3) is 0 Å². The second-order valence-corrected chi connectivity index (χ2v) is 5.71. The first-order chi connectivity index (χ1) is 10.5. The molecule has 1 saturated carbocycles. The Morgan fingerprint density at radius 1 is 1.50 bits per heavy atom. The van der Waals surface area contributed by atoms with E-state index in [-0.39, 0.29) is 11.8 Å². The van der Waals surface area contributed by atoms with Crippen molar-refractivity contribution in [1.82, 2.24) is 0 Å². The van der Waals surface area contributed by atoms with E-state index in [9.17, 15) is 10.1 Å². The molecule has 5 nitrogen and oxygen atoms in total. The molecule has 0 bridgehead atoms. The third kappa shape index (κ3) is 3.40. The number of ether oxygens (including phenoxy) is 2. The monoisotopic (exact) mass is 302 g/mol. The zero-order valence-corrected chi connectivity index (χ0v) is 13.3. The van der Waals surface area contributed by atoms with E-state index in [0.29, 0.717) is 23.6 Å². The van der Waals surface area contributed by atoms with Crippen LogP contribution in [0.5, 0.6) is 5.75 Å². The molecule has 22 heavy (non-hydrogen) atoms. The predicted octanol–water partition coefficient (Wildman–Crippen LogP) is 3.10. The highest BCUT2D eigenvalue weighted by Crippen LogP contribution is 2.42. The summed E-state index contributed by atoms with van der Waals surface area (Å²) < 4.78 is 10.9. The first-order valence-corrected chi connectivity index (χ1v) is 7.58. The van der Waals surface area contributed by atoms with Crippen molar-refractivity contribution in [2.75, 3.05) is 19.0 Å². The molecule has 1 fully saturated rings. The Labute approximate surface area is 131 Å². The summed E-state index contributed by atoms with van der Waals surface area (Å²) in [7, 11) is 1.54. The quantitative estimate of drug-likeness (QED) is 0.840. The Hall–Kier alpha value is -2.06. The highest BCUT2D eigenvalue weighted by atomic mass is 16.5. The van der Waals surface area contributed by atoms with Crippen molar-refractivity contribution >= 4 is 11.6 Å². The van der Waals surface area contributed by atoms with Gasteiger partial charge in [0, 0.05) is 6.61 Å². The standard InChI is InChI=1S/C17H22N2O3/c1-4-9-22-17(2,13-5-6-13)16(20)19-15-8-7-14(21-3)10-12(15)11-18/h7-8,10,13H,4-6,9H2,1-3H3,(H,19,20). The van der Waals surface area contributed by atoms with Gasteiger partial charge in [0.2, 0.25) is 0 Å². The minimum Gasteiger partial charge on any atom is -0.497 e. The molecule has 1 aromatic rings. The minimum absolute atomic E-state index is 0.190. The lowest BCUT2D eigenvalue weighted by atomic mass is 9.98. The number of amides is 1. The lowest BCUT2D eigenvalue weighted by Gasteiger charge is -2.28. The smallest absolute Gasteiger partial charge is 0.256 e. The number of carbonyl (C=O) groups excluding carboxylic acids is 1. The fourth-order valence-electron chi connectivity index (χ4n) is 2.42. The van der Waals surface area contributed by atoms with Gasteiger partial charge in [-0.05, 0) is 50.3 Å². The molecule has 1 aliphatic carbocycles. The van der Waals surface area contributed by atoms with Gasteiger partial charge in [-0.1, -0.05) is 6.92 Å². The van der Waals surface area contributed by atoms with E-state index < -0.39 is 5.60 Å². The van der Waals surface area contributed by atoms with E-state index in [1.165, 1.54) is 7.11 Å². The highest BCUT2D eigenvalue weighted by Gasteiger charge is 2.48. The molecule has 118 valence electrons. The normalized spacial score (nSPS) is 16.5. The number of methoxy groups -OCH3 is 1. The van der Waals surface area contributed by atoms with Crippen molar-refractivity contribution in [3.05, 3.63) is 23.8 Å². The van der Waals surface area contributed by atoms with Crippen molar-refractivity contribution in [2.24, 2.45) is 5.92 Å². The number of anilines is 1. The molecule has 0 heterocycles. The third-order valence-corrected chi connectivity index (χ3v) is 4.01. The maximum absolute atomic E-state index is 12.7. The SMILES string of the molecule is CCCOC(C)(C(=O)Nc1ccc(OC)cc1C#N)C1CC1. The zero-order valence-electron chi connectivity index (χ0n) is 13.3. The molecule has 1 aromatic carbocycles. The molecule has 0 radical (unpaired) electrons. The first kappa shape index (κ1) is 16.3. The molecular weight excluding hydrogens is 280 g/mol. The maximum Gasteiger partial charge on any atom is 0.256 e. The highest BCUT2D eigenvalue weighted by molar-refractivity contribution is 5.98. The van der Waals surface area contributed by atoms with Gasteiger partial charge >= 0.3 is 0 Å².